The number of hydrazine groups is 1. The smallest absolute Gasteiger partial charge is 0.292 e. The number of hydrogen-bond acceptors (Lipinski definition) is 10. The van der Waals surface area contributed by atoms with Crippen molar-refractivity contribution in [3.8, 4) is 28.6 Å². The van der Waals surface area contributed by atoms with Crippen molar-refractivity contribution in [1.29, 1.82) is 0 Å². The number of nitrogens with one attached hydrogen (secondary N) is 2. The van der Waals surface area contributed by atoms with Crippen LogP contribution in [0.5, 0.6) is 11.5 Å². The van der Waals surface area contributed by atoms with E-state index in [0.717, 1.165) is 0 Å². The van der Waals surface area contributed by atoms with Gasteiger partial charge in [-0.2, -0.15) is 4.68 Å². The van der Waals surface area contributed by atoms with Gasteiger partial charge in [-0.25, -0.2) is 4.63 Å². The molecule has 0 fully saturated rings. The lowest BCUT2D eigenvalue weighted by molar-refractivity contribution is 0.0938. The highest BCUT2D eigenvalue weighted by Crippen LogP contribution is 2.29. The SMILES string of the molecule is C=C(NNC(=O)c1nnn(-c2nonc2N)c1-c1cccc(OC)c1)c1ccc(O)cc1. The van der Waals surface area contributed by atoms with Gasteiger partial charge in [0, 0.05) is 5.56 Å². The van der Waals surface area contributed by atoms with Crippen molar-refractivity contribution in [2.45, 2.75) is 0 Å². The number of hydrogen-bond donors (Lipinski definition) is 4. The minimum Gasteiger partial charge on any atom is -0.508 e. The summed E-state index contributed by atoms with van der Waals surface area (Å²) in [6.07, 6.45) is 0. The first-order valence-corrected chi connectivity index (χ1v) is 9.21. The molecule has 162 valence electrons. The van der Waals surface area contributed by atoms with Crippen molar-refractivity contribution < 1.29 is 19.3 Å². The highest BCUT2D eigenvalue weighted by atomic mass is 16.6. The molecule has 12 heteroatoms. The Balaban J connectivity index is 1.66. The summed E-state index contributed by atoms with van der Waals surface area (Å²) in [6, 6.07) is 13.3. The normalized spacial score (nSPS) is 10.5. The van der Waals surface area contributed by atoms with E-state index in [1.165, 1.54) is 23.9 Å². The fraction of sp³-hybridized carbons (Fsp3) is 0.0500. The molecule has 2 aromatic heterocycles. The third-order valence-electron chi connectivity index (χ3n) is 4.47. The lowest BCUT2D eigenvalue weighted by Gasteiger charge is -2.12. The van der Waals surface area contributed by atoms with Crippen LogP contribution in [0.15, 0.2) is 59.7 Å². The van der Waals surface area contributed by atoms with Crippen LogP contribution in [0.3, 0.4) is 0 Å². The van der Waals surface area contributed by atoms with E-state index in [1.807, 2.05) is 0 Å². The molecule has 1 amide bonds. The number of nitrogens with zero attached hydrogens (tertiary/aromatic N) is 5. The summed E-state index contributed by atoms with van der Waals surface area (Å²) in [7, 11) is 1.53. The fourth-order valence-corrected chi connectivity index (χ4v) is 2.88. The van der Waals surface area contributed by atoms with Crippen LogP contribution < -0.4 is 21.3 Å². The molecular weight excluding hydrogens is 416 g/mol. The van der Waals surface area contributed by atoms with E-state index in [1.54, 1.807) is 36.4 Å². The van der Waals surface area contributed by atoms with E-state index in [0.29, 0.717) is 28.3 Å². The number of aromatic nitrogens is 5. The Kier molecular flexibility index (Phi) is 5.40. The average molecular weight is 434 g/mol. The molecule has 2 heterocycles. The van der Waals surface area contributed by atoms with Gasteiger partial charge in [0.1, 0.15) is 17.2 Å². The van der Waals surface area contributed by atoms with Crippen LogP contribution >= 0.6 is 0 Å². The number of phenolic OH excluding ortho intramolecular Hbond substituents is 1. The molecular formula is C20H18N8O4. The van der Waals surface area contributed by atoms with Crippen LogP contribution in [0.4, 0.5) is 5.82 Å². The number of aromatic hydroxyl groups is 1. The first kappa shape index (κ1) is 20.4. The highest BCUT2D eigenvalue weighted by molar-refractivity contribution is 5.98. The maximum atomic E-state index is 13.0. The van der Waals surface area contributed by atoms with E-state index >= 15 is 0 Å². The highest BCUT2D eigenvalue weighted by Gasteiger charge is 2.25. The molecule has 5 N–H and O–H groups in total. The number of nitrogen functional groups attached to an aromatic ring is 1. The molecule has 0 unspecified atom stereocenters. The molecule has 0 saturated heterocycles. The number of amides is 1. The van der Waals surface area contributed by atoms with Crippen LogP contribution in [-0.2, 0) is 0 Å². The third kappa shape index (κ3) is 3.92. The zero-order valence-electron chi connectivity index (χ0n) is 16.8. The zero-order valence-corrected chi connectivity index (χ0v) is 16.8. The van der Waals surface area contributed by atoms with Crippen molar-refractivity contribution in [2.24, 2.45) is 0 Å². The Morgan fingerprint density at radius 2 is 1.97 bits per heavy atom. The molecule has 0 atom stereocenters. The molecule has 0 radical (unpaired) electrons. The first-order chi connectivity index (χ1) is 15.5. The number of phenols is 1. The minimum absolute atomic E-state index is 0.0216. The number of nitrogens with two attached hydrogens (primary N) is 1. The fourth-order valence-electron chi connectivity index (χ4n) is 2.88. The van der Waals surface area contributed by atoms with E-state index in [-0.39, 0.29) is 23.1 Å². The minimum atomic E-state index is -0.593. The number of anilines is 1. The van der Waals surface area contributed by atoms with Crippen molar-refractivity contribution >= 4 is 17.4 Å². The second kappa shape index (κ2) is 8.47. The summed E-state index contributed by atoms with van der Waals surface area (Å²) >= 11 is 0. The van der Waals surface area contributed by atoms with E-state index in [4.69, 9.17) is 10.5 Å². The molecule has 4 aromatic rings. The van der Waals surface area contributed by atoms with Crippen LogP contribution in [0.2, 0.25) is 0 Å². The van der Waals surface area contributed by atoms with E-state index < -0.39 is 5.91 Å². The van der Waals surface area contributed by atoms with Crippen molar-refractivity contribution in [2.75, 3.05) is 12.8 Å². The molecule has 32 heavy (non-hydrogen) atoms. The first-order valence-electron chi connectivity index (χ1n) is 9.21. The summed E-state index contributed by atoms with van der Waals surface area (Å²) in [4.78, 5) is 13.0. The van der Waals surface area contributed by atoms with Gasteiger partial charge in [-0.15, -0.1) is 5.10 Å². The predicted octanol–water partition coefficient (Wildman–Crippen LogP) is 1.52. The molecule has 4 rings (SSSR count). The van der Waals surface area contributed by atoms with Gasteiger partial charge in [0.2, 0.25) is 11.6 Å². The van der Waals surface area contributed by atoms with Crippen LogP contribution in [0, 0.1) is 0 Å². The third-order valence-corrected chi connectivity index (χ3v) is 4.47. The monoisotopic (exact) mass is 434 g/mol. The van der Waals surface area contributed by atoms with Gasteiger partial charge in [-0.05, 0) is 52.3 Å². The standard InChI is InChI=1S/C20H18N8O4/c1-11(12-6-8-14(29)9-7-12)22-24-20(30)16-17(13-4-3-5-15(10-13)31-2)28(27-23-16)19-18(21)25-32-26-19/h3-10,22,29H,1H2,2H3,(H2,21,25)(H,24,30). The molecule has 0 spiro atoms. The molecule has 12 nitrogen and oxygen atoms in total. The Hall–Kier alpha value is -4.87. The lowest BCUT2D eigenvalue weighted by atomic mass is 10.1. The van der Waals surface area contributed by atoms with Gasteiger partial charge in [-0.1, -0.05) is 23.9 Å². The topological polar surface area (TPSA) is 166 Å². The lowest BCUT2D eigenvalue weighted by Crippen LogP contribution is -2.36. The summed E-state index contributed by atoms with van der Waals surface area (Å²) < 4.78 is 11.2. The van der Waals surface area contributed by atoms with Gasteiger partial charge in [0.15, 0.2) is 5.69 Å². The molecule has 0 aliphatic rings. The molecule has 0 bridgehead atoms. The molecule has 0 aliphatic carbocycles. The summed E-state index contributed by atoms with van der Waals surface area (Å²) in [5, 5.41) is 24.7. The Morgan fingerprint density at radius 3 is 2.66 bits per heavy atom. The summed E-state index contributed by atoms with van der Waals surface area (Å²) in [5.74, 6) is 0.142. The number of benzene rings is 2. The van der Waals surface area contributed by atoms with Crippen molar-refractivity contribution in [1.82, 2.24) is 36.2 Å². The van der Waals surface area contributed by atoms with Gasteiger partial charge >= 0.3 is 0 Å². The molecule has 0 aliphatic heterocycles. The summed E-state index contributed by atoms with van der Waals surface area (Å²) in [6.45, 7) is 3.87. The number of methoxy groups -OCH3 is 1. The van der Waals surface area contributed by atoms with E-state index in [9.17, 15) is 9.90 Å². The second-order valence-corrected chi connectivity index (χ2v) is 6.51. The Labute approximate surface area is 181 Å². The Bertz CT molecular complexity index is 1280. The molecule has 2 aromatic carbocycles. The van der Waals surface area contributed by atoms with Crippen LogP contribution in [0.1, 0.15) is 16.1 Å². The Morgan fingerprint density at radius 1 is 1.19 bits per heavy atom. The van der Waals surface area contributed by atoms with Gasteiger partial charge in [0.05, 0.1) is 12.8 Å². The van der Waals surface area contributed by atoms with Crippen molar-refractivity contribution in [3.05, 3.63) is 66.4 Å². The van der Waals surface area contributed by atoms with Gasteiger partial charge in [0.25, 0.3) is 5.91 Å². The van der Waals surface area contributed by atoms with E-state index in [2.05, 4.69) is 42.7 Å². The van der Waals surface area contributed by atoms with Gasteiger partial charge < -0.3 is 15.6 Å². The average Bonchev–Trinajstić information content (AvgIpc) is 3.43. The predicted molar refractivity (Wildman–Crippen MR) is 113 cm³/mol. The number of carbonyl (C=O) groups is 1. The maximum Gasteiger partial charge on any atom is 0.292 e. The van der Waals surface area contributed by atoms with Crippen LogP contribution in [-0.4, -0.2) is 43.4 Å². The number of carbonyl (C=O) groups excluding carboxylic acids is 1. The number of ether oxygens (including phenoxy) is 1. The summed E-state index contributed by atoms with van der Waals surface area (Å²) in [5.41, 5.74) is 13.0. The van der Waals surface area contributed by atoms with Crippen LogP contribution in [0.25, 0.3) is 22.8 Å². The number of rotatable bonds is 7. The van der Waals surface area contributed by atoms with Gasteiger partial charge in [-0.3, -0.25) is 15.6 Å². The maximum absolute atomic E-state index is 13.0. The zero-order chi connectivity index (χ0) is 22.7. The van der Waals surface area contributed by atoms with Crippen molar-refractivity contribution in [3.63, 3.8) is 0 Å². The largest absolute Gasteiger partial charge is 0.508 e. The second-order valence-electron chi connectivity index (χ2n) is 6.51. The molecule has 0 saturated carbocycles. The quantitative estimate of drug-likeness (QED) is 0.313.